The zero-order valence-corrected chi connectivity index (χ0v) is 12.2. The van der Waals surface area contributed by atoms with Crippen LogP contribution < -0.4 is 4.72 Å². The van der Waals surface area contributed by atoms with Crippen molar-refractivity contribution in [2.45, 2.75) is 11.1 Å². The van der Waals surface area contributed by atoms with E-state index in [2.05, 4.69) is 14.7 Å². The van der Waals surface area contributed by atoms with Crippen molar-refractivity contribution < 1.29 is 8.42 Å². The Balaban J connectivity index is 2.30. The summed E-state index contributed by atoms with van der Waals surface area (Å²) in [5.74, 6) is 0. The number of H-pyrrole nitrogens is 1. The minimum Gasteiger partial charge on any atom is -0.335 e. The molecule has 6 nitrogen and oxygen atoms in total. The number of nitrogens with one attached hydrogen (secondary N) is 2. The third-order valence-corrected chi connectivity index (χ3v) is 4.53. The van der Waals surface area contributed by atoms with Gasteiger partial charge in [-0.1, -0.05) is 29.3 Å². The van der Waals surface area contributed by atoms with Crippen molar-refractivity contribution in [1.82, 2.24) is 14.7 Å². The Morgan fingerprint density at radius 1 is 1.35 bits per heavy atom. The second kappa shape index (κ2) is 5.81. The van der Waals surface area contributed by atoms with Gasteiger partial charge in [0.25, 0.3) is 10.0 Å². The largest absolute Gasteiger partial charge is 0.335 e. The van der Waals surface area contributed by atoms with Gasteiger partial charge < -0.3 is 4.98 Å². The Labute approximate surface area is 125 Å². The maximum absolute atomic E-state index is 12.0. The van der Waals surface area contributed by atoms with Crippen LogP contribution in [0, 0.1) is 11.3 Å². The predicted molar refractivity (Wildman–Crippen MR) is 73.7 cm³/mol. The first-order valence-corrected chi connectivity index (χ1v) is 7.53. The van der Waals surface area contributed by atoms with Gasteiger partial charge in [-0.15, -0.1) is 0 Å². The van der Waals surface area contributed by atoms with Crippen LogP contribution in [0.1, 0.15) is 11.6 Å². The van der Waals surface area contributed by atoms with Crippen LogP contribution in [0.15, 0.2) is 35.7 Å². The Morgan fingerprint density at radius 3 is 2.65 bits per heavy atom. The summed E-state index contributed by atoms with van der Waals surface area (Å²) < 4.78 is 26.2. The van der Waals surface area contributed by atoms with E-state index in [1.165, 1.54) is 24.5 Å². The van der Waals surface area contributed by atoms with Gasteiger partial charge in [0.15, 0.2) is 5.03 Å². The van der Waals surface area contributed by atoms with E-state index in [1.54, 1.807) is 0 Å². The maximum Gasteiger partial charge on any atom is 0.259 e. The molecule has 0 saturated heterocycles. The van der Waals surface area contributed by atoms with Crippen LogP contribution in [0.2, 0.25) is 10.0 Å². The highest BCUT2D eigenvalue weighted by Crippen LogP contribution is 2.26. The van der Waals surface area contributed by atoms with Gasteiger partial charge in [0, 0.05) is 0 Å². The fraction of sp³-hybridized carbons (Fsp3) is 0.0909. The fourth-order valence-electron chi connectivity index (χ4n) is 1.47. The number of aromatic amines is 1. The first-order chi connectivity index (χ1) is 9.44. The molecule has 2 N–H and O–H groups in total. The molecule has 0 saturated carbocycles. The van der Waals surface area contributed by atoms with Crippen LogP contribution in [0.3, 0.4) is 0 Å². The zero-order valence-electron chi connectivity index (χ0n) is 9.84. The fourth-order valence-corrected chi connectivity index (χ4v) is 2.81. The molecule has 0 amide bonds. The molecule has 0 fully saturated rings. The van der Waals surface area contributed by atoms with E-state index < -0.39 is 16.1 Å². The molecule has 0 aliphatic heterocycles. The summed E-state index contributed by atoms with van der Waals surface area (Å²) in [6.07, 6.45) is 2.38. The van der Waals surface area contributed by atoms with Crippen LogP contribution in [-0.2, 0) is 10.0 Å². The molecule has 9 heteroatoms. The SMILES string of the molecule is N#C[C@@H](NS(=O)(=O)c1cnc[nH]1)c1ccc(Cl)c(Cl)c1. The molecule has 1 heterocycles. The molecule has 0 spiro atoms. The summed E-state index contributed by atoms with van der Waals surface area (Å²) in [6.45, 7) is 0. The molecular formula is C11H8Cl2N4O2S. The van der Waals surface area contributed by atoms with Crippen LogP contribution in [0.5, 0.6) is 0 Å². The molecule has 1 aromatic heterocycles. The first kappa shape index (κ1) is 14.8. The van der Waals surface area contributed by atoms with E-state index >= 15 is 0 Å². The lowest BCUT2D eigenvalue weighted by atomic mass is 10.1. The summed E-state index contributed by atoms with van der Waals surface area (Å²) in [7, 11) is -3.87. The molecule has 0 aliphatic carbocycles. The van der Waals surface area contributed by atoms with Crippen LogP contribution in [-0.4, -0.2) is 18.4 Å². The smallest absolute Gasteiger partial charge is 0.259 e. The third kappa shape index (κ3) is 3.11. The number of imidazole rings is 1. The van der Waals surface area contributed by atoms with Crippen LogP contribution in [0.25, 0.3) is 0 Å². The third-order valence-electron chi connectivity index (χ3n) is 2.44. The average molecular weight is 331 g/mol. The molecule has 0 bridgehead atoms. The number of hydrogen-bond donors (Lipinski definition) is 2. The molecule has 0 aliphatic rings. The highest BCUT2D eigenvalue weighted by molar-refractivity contribution is 7.89. The van der Waals surface area contributed by atoms with Gasteiger partial charge >= 0.3 is 0 Å². The predicted octanol–water partition coefficient (Wildman–Crippen LogP) is 2.26. The second-order valence-electron chi connectivity index (χ2n) is 3.77. The topological polar surface area (TPSA) is 98.6 Å². The highest BCUT2D eigenvalue weighted by Gasteiger charge is 2.22. The van der Waals surface area contributed by atoms with Gasteiger partial charge in [0.2, 0.25) is 0 Å². The maximum atomic E-state index is 12.0. The number of halogens is 2. The Kier molecular flexibility index (Phi) is 4.30. The molecular weight excluding hydrogens is 323 g/mol. The van der Waals surface area contributed by atoms with Gasteiger partial charge in [-0.25, -0.2) is 13.4 Å². The van der Waals surface area contributed by atoms with Crippen molar-refractivity contribution in [2.24, 2.45) is 0 Å². The number of nitrogens with zero attached hydrogens (tertiary/aromatic N) is 2. The Bertz CT molecular complexity index is 753. The van der Waals surface area contributed by atoms with Gasteiger partial charge in [-0.3, -0.25) is 0 Å². The Hall–Kier alpha value is -1.59. The van der Waals surface area contributed by atoms with E-state index in [9.17, 15) is 8.42 Å². The Morgan fingerprint density at radius 2 is 2.10 bits per heavy atom. The van der Waals surface area contributed by atoms with Crippen molar-refractivity contribution >= 4 is 33.2 Å². The monoisotopic (exact) mass is 330 g/mol. The number of hydrogen-bond acceptors (Lipinski definition) is 4. The lowest BCUT2D eigenvalue weighted by Gasteiger charge is -2.12. The molecule has 0 unspecified atom stereocenters. The van der Waals surface area contributed by atoms with Crippen molar-refractivity contribution in [1.29, 1.82) is 5.26 Å². The van der Waals surface area contributed by atoms with E-state index in [4.69, 9.17) is 28.5 Å². The molecule has 104 valence electrons. The summed E-state index contributed by atoms with van der Waals surface area (Å²) >= 11 is 11.6. The van der Waals surface area contributed by atoms with Gasteiger partial charge in [-0.2, -0.15) is 9.98 Å². The number of nitriles is 1. The standard InChI is InChI=1S/C11H8Cl2N4O2S/c12-8-2-1-7(3-9(8)13)10(4-14)17-20(18,19)11-5-15-6-16-11/h1-3,5-6,10,17H,(H,15,16)/t10-/m1/s1. The van der Waals surface area contributed by atoms with E-state index in [0.717, 1.165) is 6.20 Å². The quantitative estimate of drug-likeness (QED) is 0.898. The van der Waals surface area contributed by atoms with E-state index in [-0.39, 0.29) is 10.0 Å². The van der Waals surface area contributed by atoms with E-state index in [0.29, 0.717) is 10.6 Å². The van der Waals surface area contributed by atoms with Crippen molar-refractivity contribution in [3.05, 3.63) is 46.3 Å². The molecule has 1 aromatic carbocycles. The van der Waals surface area contributed by atoms with Crippen molar-refractivity contribution in [3.63, 3.8) is 0 Å². The number of aromatic nitrogens is 2. The average Bonchev–Trinajstić information content (AvgIpc) is 2.94. The lowest BCUT2D eigenvalue weighted by molar-refractivity contribution is 0.572. The second-order valence-corrected chi connectivity index (χ2v) is 6.27. The van der Waals surface area contributed by atoms with Crippen LogP contribution >= 0.6 is 23.2 Å². The number of benzene rings is 1. The molecule has 2 aromatic rings. The molecule has 2 rings (SSSR count). The highest BCUT2D eigenvalue weighted by atomic mass is 35.5. The minimum atomic E-state index is -3.87. The molecule has 1 atom stereocenters. The lowest BCUT2D eigenvalue weighted by Crippen LogP contribution is -2.28. The number of sulfonamides is 1. The normalized spacial score (nSPS) is 12.8. The van der Waals surface area contributed by atoms with Gasteiger partial charge in [0.1, 0.15) is 6.04 Å². The minimum absolute atomic E-state index is 0.127. The van der Waals surface area contributed by atoms with Crippen molar-refractivity contribution in [2.75, 3.05) is 0 Å². The number of rotatable bonds is 4. The van der Waals surface area contributed by atoms with Gasteiger partial charge in [-0.05, 0) is 17.7 Å². The van der Waals surface area contributed by atoms with Gasteiger partial charge in [0.05, 0.1) is 28.6 Å². The summed E-state index contributed by atoms with van der Waals surface area (Å²) in [6, 6.07) is 5.23. The summed E-state index contributed by atoms with van der Waals surface area (Å²) in [5, 5.41) is 9.56. The molecule has 20 heavy (non-hydrogen) atoms. The molecule has 0 radical (unpaired) electrons. The summed E-state index contributed by atoms with van der Waals surface area (Å²) in [4.78, 5) is 6.08. The zero-order chi connectivity index (χ0) is 14.8. The first-order valence-electron chi connectivity index (χ1n) is 5.29. The van der Waals surface area contributed by atoms with Crippen LogP contribution in [0.4, 0.5) is 0 Å². The summed E-state index contributed by atoms with van der Waals surface area (Å²) in [5.41, 5.74) is 0.394. The van der Waals surface area contributed by atoms with Crippen molar-refractivity contribution in [3.8, 4) is 6.07 Å². The van der Waals surface area contributed by atoms with E-state index in [1.807, 2.05) is 6.07 Å².